The van der Waals surface area contributed by atoms with Crippen molar-refractivity contribution in [2.24, 2.45) is 0 Å². The molecule has 1 atom stereocenters. The molecule has 2 rings (SSSR count). The molecular formula is C8H14N4. The molecule has 0 amide bonds. The maximum Gasteiger partial charge on any atom is 0.147 e. The van der Waals surface area contributed by atoms with Crippen molar-refractivity contribution in [1.29, 1.82) is 0 Å². The number of aryl methyl sites for hydroxylation is 1. The molecule has 66 valence electrons. The van der Waals surface area contributed by atoms with Gasteiger partial charge in [0.15, 0.2) is 0 Å². The van der Waals surface area contributed by atoms with Crippen LogP contribution in [0.4, 0.5) is 0 Å². The van der Waals surface area contributed by atoms with Gasteiger partial charge >= 0.3 is 0 Å². The lowest BCUT2D eigenvalue weighted by Crippen LogP contribution is -2.33. The molecule has 0 saturated carbocycles. The summed E-state index contributed by atoms with van der Waals surface area (Å²) >= 11 is 0. The van der Waals surface area contributed by atoms with Crippen molar-refractivity contribution in [3.8, 4) is 0 Å². The van der Waals surface area contributed by atoms with Crippen LogP contribution < -0.4 is 5.32 Å². The molecule has 0 aliphatic carbocycles. The number of hydrogen-bond donors (Lipinski definition) is 1. The highest BCUT2D eigenvalue weighted by atomic mass is 15.4. The van der Waals surface area contributed by atoms with E-state index < -0.39 is 0 Å². The zero-order chi connectivity index (χ0) is 8.55. The van der Waals surface area contributed by atoms with Crippen molar-refractivity contribution < 1.29 is 0 Å². The molecule has 1 aliphatic heterocycles. The molecule has 0 saturated heterocycles. The van der Waals surface area contributed by atoms with Crippen LogP contribution >= 0.6 is 0 Å². The minimum absolute atomic E-state index is 0.403. The van der Waals surface area contributed by atoms with Crippen molar-refractivity contribution in [3.05, 3.63) is 11.6 Å². The normalized spacial score (nSPS) is 22.3. The van der Waals surface area contributed by atoms with Crippen molar-refractivity contribution in [2.75, 3.05) is 6.54 Å². The van der Waals surface area contributed by atoms with E-state index >= 15 is 0 Å². The summed E-state index contributed by atoms with van der Waals surface area (Å²) in [5, 5.41) is 7.73. The Morgan fingerprint density at radius 1 is 1.67 bits per heavy atom. The van der Waals surface area contributed by atoms with E-state index in [-0.39, 0.29) is 0 Å². The first-order valence-electron chi connectivity index (χ1n) is 4.46. The number of rotatable bonds is 1. The zero-order valence-electron chi connectivity index (χ0n) is 7.54. The van der Waals surface area contributed by atoms with Gasteiger partial charge in [0.05, 0.1) is 12.6 Å². The van der Waals surface area contributed by atoms with E-state index in [9.17, 15) is 0 Å². The SMILES string of the molecule is CCC1NCCn2nc(C)nc21. The number of nitrogens with zero attached hydrogens (tertiary/aromatic N) is 3. The number of aromatic nitrogens is 3. The standard InChI is InChI=1S/C8H14N4/c1-3-7-8-10-6(2)11-12(8)5-4-9-7/h7,9H,3-5H2,1-2H3. The molecule has 1 aliphatic rings. The van der Waals surface area contributed by atoms with Gasteiger partial charge in [-0.3, -0.25) is 0 Å². The van der Waals surface area contributed by atoms with Gasteiger partial charge in [0, 0.05) is 6.54 Å². The molecule has 0 fully saturated rings. The molecule has 1 aromatic rings. The highest BCUT2D eigenvalue weighted by Crippen LogP contribution is 2.17. The molecule has 4 nitrogen and oxygen atoms in total. The Kier molecular flexibility index (Phi) is 1.84. The lowest BCUT2D eigenvalue weighted by Gasteiger charge is -2.22. The van der Waals surface area contributed by atoms with Crippen LogP contribution in [-0.2, 0) is 6.54 Å². The van der Waals surface area contributed by atoms with E-state index in [1.807, 2.05) is 11.6 Å². The third-order valence-electron chi connectivity index (χ3n) is 2.24. The van der Waals surface area contributed by atoms with Crippen molar-refractivity contribution >= 4 is 0 Å². The Morgan fingerprint density at radius 3 is 3.25 bits per heavy atom. The molecule has 1 unspecified atom stereocenters. The van der Waals surface area contributed by atoms with Gasteiger partial charge in [-0.1, -0.05) is 6.92 Å². The van der Waals surface area contributed by atoms with Gasteiger partial charge in [-0.15, -0.1) is 0 Å². The first-order chi connectivity index (χ1) is 5.81. The van der Waals surface area contributed by atoms with Crippen LogP contribution in [0.25, 0.3) is 0 Å². The summed E-state index contributed by atoms with van der Waals surface area (Å²) in [5.41, 5.74) is 0. The Morgan fingerprint density at radius 2 is 2.50 bits per heavy atom. The number of hydrogen-bond acceptors (Lipinski definition) is 3. The summed E-state index contributed by atoms with van der Waals surface area (Å²) in [7, 11) is 0. The summed E-state index contributed by atoms with van der Waals surface area (Å²) in [4.78, 5) is 4.39. The largest absolute Gasteiger partial charge is 0.305 e. The van der Waals surface area contributed by atoms with E-state index in [1.54, 1.807) is 0 Å². The molecular weight excluding hydrogens is 152 g/mol. The zero-order valence-corrected chi connectivity index (χ0v) is 7.54. The Hall–Kier alpha value is -0.900. The van der Waals surface area contributed by atoms with Gasteiger partial charge in [0.1, 0.15) is 11.6 Å². The van der Waals surface area contributed by atoms with Crippen LogP contribution in [0, 0.1) is 6.92 Å². The Balaban J connectivity index is 2.36. The van der Waals surface area contributed by atoms with Crippen LogP contribution in [0.5, 0.6) is 0 Å². The quantitative estimate of drug-likeness (QED) is 0.665. The monoisotopic (exact) mass is 166 g/mol. The van der Waals surface area contributed by atoms with Gasteiger partial charge in [0.2, 0.25) is 0 Å². The fourth-order valence-electron chi connectivity index (χ4n) is 1.66. The molecule has 0 radical (unpaired) electrons. The lowest BCUT2D eigenvalue weighted by atomic mass is 10.2. The summed E-state index contributed by atoms with van der Waals surface area (Å²) in [6.07, 6.45) is 1.08. The van der Waals surface area contributed by atoms with Crippen LogP contribution in [0.15, 0.2) is 0 Å². The molecule has 0 spiro atoms. The predicted octanol–water partition coefficient (Wildman–Crippen LogP) is 0.641. The molecule has 0 bridgehead atoms. The second-order valence-corrected chi connectivity index (χ2v) is 3.16. The Labute approximate surface area is 72.0 Å². The third kappa shape index (κ3) is 1.12. The molecule has 4 heteroatoms. The number of fused-ring (bicyclic) bond motifs is 1. The molecule has 2 heterocycles. The van der Waals surface area contributed by atoms with Gasteiger partial charge in [0.25, 0.3) is 0 Å². The second kappa shape index (κ2) is 2.86. The van der Waals surface area contributed by atoms with Gasteiger partial charge in [-0.2, -0.15) is 5.10 Å². The maximum atomic E-state index is 4.39. The van der Waals surface area contributed by atoms with Gasteiger partial charge in [-0.25, -0.2) is 9.67 Å². The third-order valence-corrected chi connectivity index (χ3v) is 2.24. The maximum absolute atomic E-state index is 4.39. The minimum Gasteiger partial charge on any atom is -0.305 e. The van der Waals surface area contributed by atoms with Crippen molar-refractivity contribution in [2.45, 2.75) is 32.9 Å². The van der Waals surface area contributed by atoms with E-state index in [2.05, 4.69) is 22.3 Å². The fraction of sp³-hybridized carbons (Fsp3) is 0.750. The summed E-state index contributed by atoms with van der Waals surface area (Å²) in [6.45, 7) is 6.07. The van der Waals surface area contributed by atoms with Gasteiger partial charge in [-0.05, 0) is 13.3 Å². The van der Waals surface area contributed by atoms with E-state index in [1.165, 1.54) is 0 Å². The fourth-order valence-corrected chi connectivity index (χ4v) is 1.66. The van der Waals surface area contributed by atoms with Gasteiger partial charge < -0.3 is 5.32 Å². The summed E-state index contributed by atoms with van der Waals surface area (Å²) in [6, 6.07) is 0.403. The van der Waals surface area contributed by atoms with E-state index in [0.717, 1.165) is 31.2 Å². The highest BCUT2D eigenvalue weighted by Gasteiger charge is 2.20. The van der Waals surface area contributed by atoms with Crippen molar-refractivity contribution in [3.63, 3.8) is 0 Å². The van der Waals surface area contributed by atoms with E-state index in [0.29, 0.717) is 6.04 Å². The average Bonchev–Trinajstić information content (AvgIpc) is 2.44. The second-order valence-electron chi connectivity index (χ2n) is 3.16. The average molecular weight is 166 g/mol. The van der Waals surface area contributed by atoms with Crippen molar-refractivity contribution in [1.82, 2.24) is 20.1 Å². The highest BCUT2D eigenvalue weighted by molar-refractivity contribution is 5.00. The van der Waals surface area contributed by atoms with Crippen LogP contribution in [0.3, 0.4) is 0 Å². The lowest BCUT2D eigenvalue weighted by molar-refractivity contribution is 0.385. The molecule has 1 aromatic heterocycles. The molecule has 12 heavy (non-hydrogen) atoms. The summed E-state index contributed by atoms with van der Waals surface area (Å²) in [5.74, 6) is 1.98. The Bertz CT molecular complexity index is 279. The van der Waals surface area contributed by atoms with Crippen LogP contribution in [0.2, 0.25) is 0 Å². The number of nitrogens with one attached hydrogen (secondary N) is 1. The smallest absolute Gasteiger partial charge is 0.147 e. The predicted molar refractivity (Wildman–Crippen MR) is 45.8 cm³/mol. The molecule has 0 aromatic carbocycles. The minimum atomic E-state index is 0.403. The van der Waals surface area contributed by atoms with Crippen LogP contribution in [-0.4, -0.2) is 21.3 Å². The first kappa shape index (κ1) is 7.73. The van der Waals surface area contributed by atoms with Crippen LogP contribution in [0.1, 0.15) is 31.0 Å². The topological polar surface area (TPSA) is 42.7 Å². The first-order valence-corrected chi connectivity index (χ1v) is 4.46. The summed E-state index contributed by atoms with van der Waals surface area (Å²) < 4.78 is 2.01. The van der Waals surface area contributed by atoms with E-state index in [4.69, 9.17) is 0 Å². The molecule has 1 N–H and O–H groups in total.